The van der Waals surface area contributed by atoms with Crippen LogP contribution in [0.4, 0.5) is 4.39 Å². The summed E-state index contributed by atoms with van der Waals surface area (Å²) in [5.41, 5.74) is 3.00. The number of amides is 1. The van der Waals surface area contributed by atoms with Gasteiger partial charge in [0.2, 0.25) is 0 Å². The van der Waals surface area contributed by atoms with Gasteiger partial charge in [-0.2, -0.15) is 0 Å². The second kappa shape index (κ2) is 5.37. The summed E-state index contributed by atoms with van der Waals surface area (Å²) in [6.45, 7) is 1.31. The number of fused-ring (bicyclic) bond motifs is 1. The zero-order valence-corrected chi connectivity index (χ0v) is 12.4. The first-order valence-electron chi connectivity index (χ1n) is 6.46. The van der Waals surface area contributed by atoms with Crippen molar-refractivity contribution in [2.45, 2.75) is 13.0 Å². The Morgan fingerprint density at radius 3 is 2.65 bits per heavy atom. The van der Waals surface area contributed by atoms with Gasteiger partial charge in [0.05, 0.1) is 4.47 Å². The third-order valence-electron chi connectivity index (χ3n) is 3.58. The van der Waals surface area contributed by atoms with Crippen LogP contribution in [0.5, 0.6) is 0 Å². The van der Waals surface area contributed by atoms with Gasteiger partial charge in [0.1, 0.15) is 5.82 Å². The summed E-state index contributed by atoms with van der Waals surface area (Å²) < 4.78 is 13.5. The van der Waals surface area contributed by atoms with Crippen molar-refractivity contribution in [1.82, 2.24) is 4.90 Å². The quantitative estimate of drug-likeness (QED) is 0.777. The number of carbonyl (C=O) groups excluding carboxylic acids is 1. The van der Waals surface area contributed by atoms with Crippen LogP contribution in [0.1, 0.15) is 21.5 Å². The first-order valence-corrected chi connectivity index (χ1v) is 7.25. The lowest BCUT2D eigenvalue weighted by Crippen LogP contribution is -2.35. The predicted octanol–water partition coefficient (Wildman–Crippen LogP) is 3.79. The van der Waals surface area contributed by atoms with E-state index in [2.05, 4.69) is 28.1 Å². The molecule has 1 aliphatic rings. The molecule has 1 aliphatic heterocycles. The Morgan fingerprint density at radius 1 is 1.15 bits per heavy atom. The molecule has 0 radical (unpaired) electrons. The number of hydrogen-bond acceptors (Lipinski definition) is 1. The molecule has 0 saturated heterocycles. The zero-order chi connectivity index (χ0) is 14.1. The number of nitrogens with zero attached hydrogens (tertiary/aromatic N) is 1. The summed E-state index contributed by atoms with van der Waals surface area (Å²) in [7, 11) is 0. The van der Waals surface area contributed by atoms with E-state index in [-0.39, 0.29) is 11.7 Å². The van der Waals surface area contributed by atoms with Crippen molar-refractivity contribution in [2.75, 3.05) is 6.54 Å². The van der Waals surface area contributed by atoms with Gasteiger partial charge in [-0.15, -0.1) is 0 Å². The Balaban J connectivity index is 1.84. The molecule has 2 aromatic rings. The van der Waals surface area contributed by atoms with Gasteiger partial charge in [-0.1, -0.05) is 24.3 Å². The molecule has 1 heterocycles. The van der Waals surface area contributed by atoms with E-state index in [0.29, 0.717) is 23.1 Å². The van der Waals surface area contributed by atoms with Crippen molar-refractivity contribution in [2.24, 2.45) is 0 Å². The molecule has 1 amide bonds. The minimum absolute atomic E-state index is 0.0554. The lowest BCUT2D eigenvalue weighted by molar-refractivity contribution is 0.0734. The van der Waals surface area contributed by atoms with E-state index in [1.165, 1.54) is 29.3 Å². The molecule has 0 spiro atoms. The molecular formula is C16H13BrFNO. The Morgan fingerprint density at radius 2 is 1.90 bits per heavy atom. The molecule has 0 N–H and O–H groups in total. The minimum Gasteiger partial charge on any atom is -0.334 e. The summed E-state index contributed by atoms with van der Waals surface area (Å²) in [6.07, 6.45) is 0.865. The Hall–Kier alpha value is -1.68. The van der Waals surface area contributed by atoms with Crippen LogP contribution in [0.3, 0.4) is 0 Å². The van der Waals surface area contributed by atoms with Gasteiger partial charge in [-0.25, -0.2) is 4.39 Å². The smallest absolute Gasteiger partial charge is 0.254 e. The van der Waals surface area contributed by atoms with Gasteiger partial charge in [0, 0.05) is 18.7 Å². The van der Waals surface area contributed by atoms with Crippen LogP contribution in [0, 0.1) is 5.82 Å². The minimum atomic E-state index is -0.356. The molecular weight excluding hydrogens is 321 g/mol. The van der Waals surface area contributed by atoms with Crippen molar-refractivity contribution in [3.05, 3.63) is 69.4 Å². The molecule has 0 bridgehead atoms. The third-order valence-corrected chi connectivity index (χ3v) is 4.19. The fourth-order valence-corrected chi connectivity index (χ4v) is 2.86. The molecule has 0 atom stereocenters. The number of hydrogen-bond donors (Lipinski definition) is 0. The van der Waals surface area contributed by atoms with Crippen LogP contribution in [0.25, 0.3) is 0 Å². The highest BCUT2D eigenvalue weighted by Gasteiger charge is 2.21. The van der Waals surface area contributed by atoms with Crippen LogP contribution in [0.15, 0.2) is 46.9 Å². The molecule has 0 fully saturated rings. The molecule has 0 unspecified atom stereocenters. The molecule has 4 heteroatoms. The summed E-state index contributed by atoms with van der Waals surface area (Å²) in [5.74, 6) is -0.411. The van der Waals surface area contributed by atoms with E-state index < -0.39 is 0 Å². The summed E-state index contributed by atoms with van der Waals surface area (Å²) >= 11 is 3.12. The maximum absolute atomic E-state index is 13.2. The highest BCUT2D eigenvalue weighted by Crippen LogP contribution is 2.22. The number of halogens is 2. The Kier molecular flexibility index (Phi) is 3.57. The zero-order valence-electron chi connectivity index (χ0n) is 10.8. The molecule has 2 aromatic carbocycles. The van der Waals surface area contributed by atoms with Crippen molar-refractivity contribution in [3.63, 3.8) is 0 Å². The van der Waals surface area contributed by atoms with Crippen LogP contribution >= 0.6 is 15.9 Å². The molecule has 20 heavy (non-hydrogen) atoms. The first-order chi connectivity index (χ1) is 9.65. The molecule has 0 aliphatic carbocycles. The van der Waals surface area contributed by atoms with Crippen molar-refractivity contribution in [1.29, 1.82) is 0 Å². The van der Waals surface area contributed by atoms with E-state index in [1.54, 1.807) is 0 Å². The number of rotatable bonds is 1. The lowest BCUT2D eigenvalue weighted by atomic mass is 9.99. The van der Waals surface area contributed by atoms with Gasteiger partial charge in [0.15, 0.2) is 0 Å². The summed E-state index contributed by atoms with van der Waals surface area (Å²) in [4.78, 5) is 14.3. The highest BCUT2D eigenvalue weighted by molar-refractivity contribution is 9.10. The fraction of sp³-hybridized carbons (Fsp3) is 0.188. The molecule has 102 valence electrons. The third kappa shape index (κ3) is 2.48. The van der Waals surface area contributed by atoms with Crippen LogP contribution in [-0.4, -0.2) is 17.4 Å². The topological polar surface area (TPSA) is 20.3 Å². The molecule has 2 nitrogen and oxygen atoms in total. The summed E-state index contributed by atoms with van der Waals surface area (Å²) in [5, 5.41) is 0. The van der Waals surface area contributed by atoms with Crippen molar-refractivity contribution >= 4 is 21.8 Å². The van der Waals surface area contributed by atoms with E-state index in [9.17, 15) is 9.18 Å². The summed E-state index contributed by atoms with van der Waals surface area (Å²) in [6, 6.07) is 12.5. The van der Waals surface area contributed by atoms with Gasteiger partial charge < -0.3 is 4.90 Å². The average molecular weight is 334 g/mol. The van der Waals surface area contributed by atoms with Gasteiger partial charge in [0.25, 0.3) is 5.91 Å². The highest BCUT2D eigenvalue weighted by atomic mass is 79.9. The van der Waals surface area contributed by atoms with Crippen molar-refractivity contribution in [3.8, 4) is 0 Å². The normalized spacial score (nSPS) is 14.0. The van der Waals surface area contributed by atoms with E-state index >= 15 is 0 Å². The van der Waals surface area contributed by atoms with Gasteiger partial charge in [-0.3, -0.25) is 4.79 Å². The SMILES string of the molecule is O=C(c1ccc(F)c(Br)c1)N1CCc2ccccc2C1. The Labute approximate surface area is 125 Å². The van der Waals surface area contributed by atoms with E-state index in [0.717, 1.165) is 6.42 Å². The first kappa shape index (κ1) is 13.3. The largest absolute Gasteiger partial charge is 0.334 e. The maximum atomic E-state index is 13.2. The van der Waals surface area contributed by atoms with Gasteiger partial charge in [-0.05, 0) is 51.7 Å². The molecule has 0 saturated carbocycles. The lowest BCUT2D eigenvalue weighted by Gasteiger charge is -2.29. The second-order valence-corrected chi connectivity index (χ2v) is 5.73. The Bertz CT molecular complexity index is 671. The fourth-order valence-electron chi connectivity index (χ4n) is 2.48. The van der Waals surface area contributed by atoms with Crippen LogP contribution in [-0.2, 0) is 13.0 Å². The number of benzene rings is 2. The van der Waals surface area contributed by atoms with Crippen LogP contribution < -0.4 is 0 Å². The average Bonchev–Trinajstić information content (AvgIpc) is 2.49. The van der Waals surface area contributed by atoms with Crippen LogP contribution in [0.2, 0.25) is 0 Å². The van der Waals surface area contributed by atoms with E-state index in [1.807, 2.05) is 17.0 Å². The number of carbonyl (C=O) groups is 1. The molecule has 3 rings (SSSR count). The van der Waals surface area contributed by atoms with E-state index in [4.69, 9.17) is 0 Å². The monoisotopic (exact) mass is 333 g/mol. The molecule has 0 aromatic heterocycles. The maximum Gasteiger partial charge on any atom is 0.254 e. The predicted molar refractivity (Wildman–Crippen MR) is 79.0 cm³/mol. The second-order valence-electron chi connectivity index (χ2n) is 4.87. The van der Waals surface area contributed by atoms with Gasteiger partial charge >= 0.3 is 0 Å². The standard InChI is InChI=1S/C16H13BrFNO/c17-14-9-12(5-6-15(14)18)16(20)19-8-7-11-3-1-2-4-13(11)10-19/h1-6,9H,7-8,10H2. The van der Waals surface area contributed by atoms with Crippen molar-refractivity contribution < 1.29 is 9.18 Å².